The molecular weight excluding hydrogens is 198 g/mol. The number of hydrogen-bond acceptors (Lipinski definition) is 1. The second kappa shape index (κ2) is 5.70. The molecule has 0 unspecified atom stereocenters. The summed E-state index contributed by atoms with van der Waals surface area (Å²) in [5.41, 5.74) is 0.556. The molecular formula is C14H29NO. The van der Waals surface area contributed by atoms with Crippen LogP contribution >= 0.6 is 0 Å². The largest absolute Gasteiger partial charge is 0.343 e. The van der Waals surface area contributed by atoms with Crippen molar-refractivity contribution in [2.45, 2.75) is 61.3 Å². The Balaban J connectivity index is 4.49. The smallest absolute Gasteiger partial charge is 0.219 e. The van der Waals surface area contributed by atoms with Crippen molar-refractivity contribution in [3.8, 4) is 0 Å². The van der Waals surface area contributed by atoms with Crippen molar-refractivity contribution in [2.24, 2.45) is 10.8 Å². The van der Waals surface area contributed by atoms with Crippen molar-refractivity contribution in [1.82, 2.24) is 4.90 Å². The molecule has 0 rings (SSSR count). The highest BCUT2D eigenvalue weighted by atomic mass is 16.2. The van der Waals surface area contributed by atoms with Gasteiger partial charge in [0.05, 0.1) is 0 Å². The van der Waals surface area contributed by atoms with Gasteiger partial charge < -0.3 is 4.90 Å². The van der Waals surface area contributed by atoms with Crippen molar-refractivity contribution < 1.29 is 4.79 Å². The van der Waals surface area contributed by atoms with Gasteiger partial charge in [0.1, 0.15) is 0 Å². The van der Waals surface area contributed by atoms with E-state index in [0.717, 1.165) is 19.5 Å². The van der Waals surface area contributed by atoms with Gasteiger partial charge in [-0.15, -0.1) is 0 Å². The molecule has 0 aromatic rings. The van der Waals surface area contributed by atoms with Gasteiger partial charge in [0.25, 0.3) is 0 Å². The molecule has 1 amide bonds. The first kappa shape index (κ1) is 15.5. The molecule has 0 radical (unpaired) electrons. The lowest BCUT2D eigenvalue weighted by molar-refractivity contribution is -0.130. The molecule has 0 aromatic carbocycles. The molecule has 0 heterocycles. The molecule has 0 fully saturated rings. The molecule has 0 aliphatic rings. The van der Waals surface area contributed by atoms with Crippen molar-refractivity contribution >= 4 is 5.91 Å². The van der Waals surface area contributed by atoms with E-state index in [-0.39, 0.29) is 11.3 Å². The molecule has 0 atom stereocenters. The van der Waals surface area contributed by atoms with E-state index in [9.17, 15) is 4.79 Å². The minimum Gasteiger partial charge on any atom is -0.343 e. The topological polar surface area (TPSA) is 20.3 Å². The molecule has 0 aliphatic heterocycles. The lowest BCUT2D eigenvalue weighted by Crippen LogP contribution is -2.39. The first-order valence-electron chi connectivity index (χ1n) is 6.39. The normalized spacial score (nSPS) is 12.7. The van der Waals surface area contributed by atoms with Crippen LogP contribution in [0.3, 0.4) is 0 Å². The summed E-state index contributed by atoms with van der Waals surface area (Å²) in [6.45, 7) is 16.7. The van der Waals surface area contributed by atoms with Gasteiger partial charge in [-0.05, 0) is 24.2 Å². The maximum Gasteiger partial charge on any atom is 0.219 e. The standard InChI is InChI=1S/C14H29NO/c1-8-13(4,5)10-14(6,7)11-15(9-2)12(3)16/h8-11H2,1-7H3. The minimum absolute atomic E-state index is 0.185. The molecule has 0 aromatic heterocycles. The van der Waals surface area contributed by atoms with E-state index < -0.39 is 0 Å². The fourth-order valence-corrected chi connectivity index (χ4v) is 2.44. The van der Waals surface area contributed by atoms with E-state index in [1.165, 1.54) is 6.42 Å². The molecule has 0 saturated carbocycles. The molecule has 96 valence electrons. The first-order valence-corrected chi connectivity index (χ1v) is 6.39. The SMILES string of the molecule is CCN(CC(C)(C)CC(C)(C)CC)C(C)=O. The van der Waals surface area contributed by atoms with Gasteiger partial charge in [-0.1, -0.05) is 41.0 Å². The van der Waals surface area contributed by atoms with Gasteiger partial charge in [0, 0.05) is 20.0 Å². The Kier molecular flexibility index (Phi) is 5.51. The van der Waals surface area contributed by atoms with E-state index in [1.54, 1.807) is 6.92 Å². The van der Waals surface area contributed by atoms with E-state index >= 15 is 0 Å². The molecule has 2 nitrogen and oxygen atoms in total. The lowest BCUT2D eigenvalue weighted by Gasteiger charge is -2.37. The average Bonchev–Trinajstić information content (AvgIpc) is 2.12. The van der Waals surface area contributed by atoms with Gasteiger partial charge >= 0.3 is 0 Å². The van der Waals surface area contributed by atoms with Gasteiger partial charge in [0.15, 0.2) is 0 Å². The van der Waals surface area contributed by atoms with Crippen LogP contribution in [0.15, 0.2) is 0 Å². The summed E-state index contributed by atoms with van der Waals surface area (Å²) < 4.78 is 0. The summed E-state index contributed by atoms with van der Waals surface area (Å²) >= 11 is 0. The van der Waals surface area contributed by atoms with Crippen LogP contribution < -0.4 is 0 Å². The number of amides is 1. The van der Waals surface area contributed by atoms with Crippen LogP contribution in [0.2, 0.25) is 0 Å². The molecule has 0 spiro atoms. The second-order valence-electron chi connectivity index (χ2n) is 6.39. The lowest BCUT2D eigenvalue weighted by atomic mass is 9.73. The Labute approximate surface area is 101 Å². The fourth-order valence-electron chi connectivity index (χ4n) is 2.44. The molecule has 0 N–H and O–H groups in total. The molecule has 0 saturated heterocycles. The van der Waals surface area contributed by atoms with Crippen LogP contribution in [-0.2, 0) is 4.79 Å². The van der Waals surface area contributed by atoms with Crippen molar-refractivity contribution in [2.75, 3.05) is 13.1 Å². The predicted octanol–water partition coefficient (Wildman–Crippen LogP) is 3.71. The summed E-state index contributed by atoms with van der Waals surface area (Å²) in [4.78, 5) is 13.4. The van der Waals surface area contributed by atoms with Crippen LogP contribution in [0.5, 0.6) is 0 Å². The zero-order chi connectivity index (χ0) is 13.0. The number of nitrogens with zero attached hydrogens (tertiary/aromatic N) is 1. The van der Waals surface area contributed by atoms with Crippen LogP contribution in [-0.4, -0.2) is 23.9 Å². The summed E-state index contributed by atoms with van der Waals surface area (Å²) in [5.74, 6) is 0.185. The van der Waals surface area contributed by atoms with Crippen LogP contribution in [0, 0.1) is 10.8 Å². The zero-order valence-corrected chi connectivity index (χ0v) is 12.2. The monoisotopic (exact) mass is 227 g/mol. The Bertz CT molecular complexity index is 231. The maximum atomic E-state index is 11.4. The maximum absolute atomic E-state index is 11.4. The first-order chi connectivity index (χ1) is 7.13. The average molecular weight is 227 g/mol. The van der Waals surface area contributed by atoms with E-state index in [1.807, 2.05) is 11.8 Å². The summed E-state index contributed by atoms with van der Waals surface area (Å²) in [7, 11) is 0. The highest BCUT2D eigenvalue weighted by Crippen LogP contribution is 2.36. The quantitative estimate of drug-likeness (QED) is 0.677. The van der Waals surface area contributed by atoms with E-state index in [4.69, 9.17) is 0 Å². The zero-order valence-electron chi connectivity index (χ0n) is 12.2. The van der Waals surface area contributed by atoms with E-state index in [0.29, 0.717) is 5.41 Å². The van der Waals surface area contributed by atoms with Gasteiger partial charge in [0.2, 0.25) is 5.91 Å². The third kappa shape index (κ3) is 5.53. The van der Waals surface area contributed by atoms with Crippen LogP contribution in [0.25, 0.3) is 0 Å². The van der Waals surface area contributed by atoms with Crippen molar-refractivity contribution in [3.05, 3.63) is 0 Å². The van der Waals surface area contributed by atoms with Gasteiger partial charge in [-0.25, -0.2) is 0 Å². The summed E-state index contributed by atoms with van der Waals surface area (Å²) in [6.07, 6.45) is 2.34. The van der Waals surface area contributed by atoms with Crippen molar-refractivity contribution in [1.29, 1.82) is 0 Å². The molecule has 2 heteroatoms. The summed E-state index contributed by atoms with van der Waals surface area (Å²) in [5, 5.41) is 0. The third-order valence-corrected chi connectivity index (χ3v) is 3.36. The molecule has 16 heavy (non-hydrogen) atoms. The number of carbonyl (C=O) groups excluding carboxylic acids is 1. The number of carbonyl (C=O) groups is 1. The Morgan fingerprint density at radius 3 is 1.88 bits per heavy atom. The van der Waals surface area contributed by atoms with Crippen LogP contribution in [0.4, 0.5) is 0 Å². The van der Waals surface area contributed by atoms with Gasteiger partial charge in [-0.2, -0.15) is 0 Å². The predicted molar refractivity (Wildman–Crippen MR) is 70.4 cm³/mol. The second-order valence-corrected chi connectivity index (χ2v) is 6.39. The highest BCUT2D eigenvalue weighted by molar-refractivity contribution is 5.73. The fraction of sp³-hybridized carbons (Fsp3) is 0.929. The van der Waals surface area contributed by atoms with Crippen molar-refractivity contribution in [3.63, 3.8) is 0 Å². The summed E-state index contributed by atoms with van der Waals surface area (Å²) in [6, 6.07) is 0. The molecule has 0 bridgehead atoms. The molecule has 0 aliphatic carbocycles. The van der Waals surface area contributed by atoms with E-state index in [2.05, 4.69) is 34.6 Å². The minimum atomic E-state index is 0.185. The Morgan fingerprint density at radius 2 is 1.56 bits per heavy atom. The van der Waals surface area contributed by atoms with Gasteiger partial charge in [-0.3, -0.25) is 4.79 Å². The number of hydrogen-bond donors (Lipinski definition) is 0. The third-order valence-electron chi connectivity index (χ3n) is 3.36. The number of rotatable bonds is 6. The van der Waals surface area contributed by atoms with Crippen LogP contribution in [0.1, 0.15) is 61.3 Å². The Morgan fingerprint density at radius 1 is 1.06 bits per heavy atom. The highest BCUT2D eigenvalue weighted by Gasteiger charge is 2.29. The Hall–Kier alpha value is -0.530.